The highest BCUT2D eigenvalue weighted by molar-refractivity contribution is 8.27. The number of unbranched alkanes of at least 4 members (excludes halogenated alkanes) is 1. The summed E-state index contributed by atoms with van der Waals surface area (Å²) in [7, 11) is 0. The normalized spacial score (nSPS) is 14.8. The molecule has 2 aromatic carbocycles. The molecule has 1 aromatic heterocycles. The van der Waals surface area contributed by atoms with Gasteiger partial charge in [0.25, 0.3) is 5.91 Å². The first-order valence-corrected chi connectivity index (χ1v) is 12.4. The zero-order valence-corrected chi connectivity index (χ0v) is 21.0. The summed E-state index contributed by atoms with van der Waals surface area (Å²) >= 11 is 6.80. The predicted molar refractivity (Wildman–Crippen MR) is 143 cm³/mol. The number of para-hydroxylation sites is 1. The number of nitrogens with zero attached hydrogens (tertiary/aromatic N) is 2. The maximum Gasteiger partial charge on any atom is 0.338 e. The summed E-state index contributed by atoms with van der Waals surface area (Å²) in [4.78, 5) is 27.5. The molecule has 1 amide bonds. The van der Waals surface area contributed by atoms with Crippen molar-refractivity contribution < 1.29 is 14.3 Å². The van der Waals surface area contributed by atoms with E-state index in [2.05, 4.69) is 17.6 Å². The third-order valence-corrected chi connectivity index (χ3v) is 6.96. The molecule has 3 aromatic rings. The van der Waals surface area contributed by atoms with E-state index in [0.717, 1.165) is 41.2 Å². The van der Waals surface area contributed by atoms with Crippen LogP contribution in [-0.2, 0) is 9.53 Å². The maximum atomic E-state index is 13.1. The Kier molecular flexibility index (Phi) is 7.34. The molecule has 0 radical (unpaired) electrons. The summed E-state index contributed by atoms with van der Waals surface area (Å²) in [5.41, 5.74) is 5.23. The fraction of sp³-hybridized carbons (Fsp3) is 0.222. The average Bonchev–Trinajstić information content (AvgIpc) is 3.28. The Morgan fingerprint density at radius 3 is 2.44 bits per heavy atom. The molecule has 1 aliphatic heterocycles. The van der Waals surface area contributed by atoms with Crippen molar-refractivity contribution in [2.45, 2.75) is 33.6 Å². The number of benzene rings is 2. The molecule has 0 bridgehead atoms. The fourth-order valence-corrected chi connectivity index (χ4v) is 5.17. The summed E-state index contributed by atoms with van der Waals surface area (Å²) in [5.74, 6) is -0.418. The zero-order valence-electron chi connectivity index (χ0n) is 19.4. The maximum absolute atomic E-state index is 13.1. The monoisotopic (exact) mass is 490 g/mol. The Morgan fingerprint density at radius 2 is 1.76 bits per heavy atom. The predicted octanol–water partition coefficient (Wildman–Crippen LogP) is 6.46. The molecule has 34 heavy (non-hydrogen) atoms. The summed E-state index contributed by atoms with van der Waals surface area (Å²) in [6, 6.07) is 18.9. The minimum Gasteiger partial charge on any atom is -0.462 e. The van der Waals surface area contributed by atoms with Gasteiger partial charge in [0.1, 0.15) is 0 Å². The lowest BCUT2D eigenvalue weighted by atomic mass is 10.2. The van der Waals surface area contributed by atoms with Gasteiger partial charge in [0.15, 0.2) is 4.32 Å². The molecule has 174 valence electrons. The number of hydrogen-bond donors (Lipinski definition) is 0. The summed E-state index contributed by atoms with van der Waals surface area (Å²) in [6.45, 7) is 6.53. The van der Waals surface area contributed by atoms with E-state index in [1.807, 2.05) is 62.4 Å². The summed E-state index contributed by atoms with van der Waals surface area (Å²) in [5, 5.41) is 0. The molecule has 0 unspecified atom stereocenters. The standard InChI is InChI=1S/C27H26N2O3S2/c1-4-5-15-32-26(31)20-11-13-23(14-12-20)28-18(2)16-21(19(28)3)17-24-25(30)29(27(33)34-24)22-9-7-6-8-10-22/h6-14,16-17H,4-5,15H2,1-3H3/b24-17-. The highest BCUT2D eigenvalue weighted by atomic mass is 32.2. The quantitative estimate of drug-likeness (QED) is 0.165. The number of amides is 1. The number of thioether (sulfide) groups is 1. The number of ether oxygens (including phenoxy) is 1. The Balaban J connectivity index is 1.57. The van der Waals surface area contributed by atoms with Gasteiger partial charge in [0.2, 0.25) is 0 Å². The molecule has 1 aliphatic rings. The van der Waals surface area contributed by atoms with Crippen LogP contribution in [0, 0.1) is 13.8 Å². The molecule has 1 fully saturated rings. The Hall–Kier alpha value is -3.16. The molecule has 2 heterocycles. The molecular weight excluding hydrogens is 464 g/mol. The van der Waals surface area contributed by atoms with Crippen LogP contribution in [0.5, 0.6) is 0 Å². The molecule has 0 spiro atoms. The van der Waals surface area contributed by atoms with E-state index in [1.54, 1.807) is 17.0 Å². The first-order valence-electron chi connectivity index (χ1n) is 11.2. The van der Waals surface area contributed by atoms with Crippen LogP contribution in [0.2, 0.25) is 0 Å². The summed E-state index contributed by atoms with van der Waals surface area (Å²) < 4.78 is 7.93. The molecule has 5 nitrogen and oxygen atoms in total. The van der Waals surface area contributed by atoms with Gasteiger partial charge in [-0.2, -0.15) is 0 Å². The van der Waals surface area contributed by atoms with Crippen molar-refractivity contribution in [3.63, 3.8) is 0 Å². The van der Waals surface area contributed by atoms with Crippen LogP contribution in [0.4, 0.5) is 5.69 Å². The van der Waals surface area contributed by atoms with Gasteiger partial charge >= 0.3 is 5.97 Å². The van der Waals surface area contributed by atoms with Crippen LogP contribution < -0.4 is 4.90 Å². The van der Waals surface area contributed by atoms with Crippen molar-refractivity contribution in [1.82, 2.24) is 4.57 Å². The topological polar surface area (TPSA) is 51.5 Å². The molecule has 1 saturated heterocycles. The Labute approximate surface area is 209 Å². The lowest BCUT2D eigenvalue weighted by molar-refractivity contribution is -0.113. The molecule has 0 atom stereocenters. The number of carbonyl (C=O) groups excluding carboxylic acids is 2. The van der Waals surface area contributed by atoms with Crippen molar-refractivity contribution in [3.8, 4) is 5.69 Å². The van der Waals surface area contributed by atoms with Gasteiger partial charge in [0.05, 0.1) is 22.8 Å². The number of anilines is 1. The van der Waals surface area contributed by atoms with E-state index in [-0.39, 0.29) is 11.9 Å². The van der Waals surface area contributed by atoms with Crippen molar-refractivity contribution >= 4 is 51.9 Å². The number of thiocarbonyl (C=S) groups is 1. The zero-order chi connectivity index (χ0) is 24.2. The fourth-order valence-electron chi connectivity index (χ4n) is 3.88. The van der Waals surface area contributed by atoms with Gasteiger partial charge in [-0.25, -0.2) is 4.79 Å². The van der Waals surface area contributed by atoms with Crippen molar-refractivity contribution in [1.29, 1.82) is 0 Å². The van der Waals surface area contributed by atoms with Gasteiger partial charge in [-0.1, -0.05) is 55.5 Å². The lowest BCUT2D eigenvalue weighted by Crippen LogP contribution is -2.27. The van der Waals surface area contributed by atoms with E-state index < -0.39 is 0 Å². The first-order chi connectivity index (χ1) is 16.4. The lowest BCUT2D eigenvalue weighted by Gasteiger charge is -2.13. The van der Waals surface area contributed by atoms with E-state index >= 15 is 0 Å². The number of aromatic nitrogens is 1. The number of aryl methyl sites for hydroxylation is 1. The average molecular weight is 491 g/mol. The van der Waals surface area contributed by atoms with E-state index in [1.165, 1.54) is 11.8 Å². The highest BCUT2D eigenvalue weighted by Gasteiger charge is 2.33. The van der Waals surface area contributed by atoms with Gasteiger partial charge < -0.3 is 9.30 Å². The summed E-state index contributed by atoms with van der Waals surface area (Å²) in [6.07, 6.45) is 3.75. The minimum absolute atomic E-state index is 0.114. The van der Waals surface area contributed by atoms with Crippen LogP contribution in [-0.4, -0.2) is 27.4 Å². The van der Waals surface area contributed by atoms with Crippen molar-refractivity contribution in [2.75, 3.05) is 11.5 Å². The highest BCUT2D eigenvalue weighted by Crippen LogP contribution is 2.36. The number of rotatable bonds is 7. The minimum atomic E-state index is -0.304. The van der Waals surface area contributed by atoms with Crippen LogP contribution in [0.25, 0.3) is 11.8 Å². The van der Waals surface area contributed by atoms with Crippen molar-refractivity contribution in [3.05, 3.63) is 88.1 Å². The Bertz CT molecular complexity index is 1260. The second-order valence-electron chi connectivity index (χ2n) is 8.05. The largest absolute Gasteiger partial charge is 0.462 e. The second kappa shape index (κ2) is 10.4. The van der Waals surface area contributed by atoms with Gasteiger partial charge in [-0.3, -0.25) is 9.69 Å². The SMILES string of the molecule is CCCCOC(=O)c1ccc(-n2c(C)cc(/C=C3\SC(=S)N(c4ccccc4)C3=O)c2C)cc1. The van der Waals surface area contributed by atoms with Gasteiger partial charge in [-0.05, 0) is 74.4 Å². The van der Waals surface area contributed by atoms with Crippen LogP contribution in [0.1, 0.15) is 47.1 Å². The number of esters is 1. The molecule has 4 rings (SSSR count). The van der Waals surface area contributed by atoms with Crippen LogP contribution in [0.15, 0.2) is 65.6 Å². The number of hydrogen-bond acceptors (Lipinski definition) is 5. The Morgan fingerprint density at radius 1 is 1.06 bits per heavy atom. The third-order valence-electron chi connectivity index (χ3n) is 5.66. The smallest absolute Gasteiger partial charge is 0.338 e. The van der Waals surface area contributed by atoms with E-state index in [4.69, 9.17) is 17.0 Å². The third kappa shape index (κ3) is 4.86. The first kappa shape index (κ1) is 24.0. The van der Waals surface area contributed by atoms with Crippen LogP contribution >= 0.6 is 24.0 Å². The molecular formula is C27H26N2O3S2. The molecule has 7 heteroatoms. The molecule has 0 aliphatic carbocycles. The van der Waals surface area contributed by atoms with E-state index in [0.29, 0.717) is 21.4 Å². The van der Waals surface area contributed by atoms with Gasteiger partial charge in [0, 0.05) is 17.1 Å². The van der Waals surface area contributed by atoms with Crippen molar-refractivity contribution in [2.24, 2.45) is 0 Å². The van der Waals surface area contributed by atoms with Crippen LogP contribution in [0.3, 0.4) is 0 Å². The molecule has 0 N–H and O–H groups in total. The van der Waals surface area contributed by atoms with Gasteiger partial charge in [-0.15, -0.1) is 0 Å². The number of carbonyl (C=O) groups is 2. The molecule has 0 saturated carbocycles. The second-order valence-corrected chi connectivity index (χ2v) is 9.73. The van der Waals surface area contributed by atoms with E-state index in [9.17, 15) is 9.59 Å².